The van der Waals surface area contributed by atoms with Gasteiger partial charge >= 0.3 is 6.09 Å². The molecule has 0 radical (unpaired) electrons. The zero-order valence-electron chi connectivity index (χ0n) is 16.8. The normalized spacial score (nSPS) is 17.5. The molecule has 2 N–H and O–H groups in total. The Morgan fingerprint density at radius 1 is 1.19 bits per heavy atom. The van der Waals surface area contributed by atoms with Crippen LogP contribution in [-0.4, -0.2) is 47.9 Å². The van der Waals surface area contributed by atoms with Gasteiger partial charge in [-0.25, -0.2) is 4.79 Å². The molecule has 27 heavy (non-hydrogen) atoms. The van der Waals surface area contributed by atoms with E-state index in [4.69, 9.17) is 16.3 Å². The van der Waals surface area contributed by atoms with E-state index in [-0.39, 0.29) is 6.09 Å². The Morgan fingerprint density at radius 3 is 2.41 bits per heavy atom. The molecule has 1 fully saturated rings. The van der Waals surface area contributed by atoms with Crippen molar-refractivity contribution in [3.8, 4) is 0 Å². The fourth-order valence-corrected chi connectivity index (χ4v) is 3.46. The van der Waals surface area contributed by atoms with E-state index in [1.165, 1.54) is 0 Å². The fraction of sp³-hybridized carbons (Fsp3) is 0.667. The smallest absolute Gasteiger partial charge is 0.407 e. The Balaban J connectivity index is 1.59. The lowest BCUT2D eigenvalue weighted by Gasteiger charge is -2.38. The number of rotatable bonds is 7. The second-order valence-corrected chi connectivity index (χ2v) is 8.81. The van der Waals surface area contributed by atoms with Crippen LogP contribution in [0.3, 0.4) is 0 Å². The maximum atomic E-state index is 11.6. The molecule has 5 nitrogen and oxygen atoms in total. The average molecular weight is 397 g/mol. The zero-order valence-corrected chi connectivity index (χ0v) is 17.5. The molecule has 1 aromatic rings. The molecule has 2 rings (SSSR count). The van der Waals surface area contributed by atoms with Gasteiger partial charge < -0.3 is 20.1 Å². The molecule has 1 aliphatic rings. The Morgan fingerprint density at radius 2 is 1.81 bits per heavy atom. The zero-order chi connectivity index (χ0) is 19.9. The van der Waals surface area contributed by atoms with Crippen LogP contribution in [-0.2, 0) is 10.3 Å². The Labute approximate surface area is 168 Å². The number of alkyl carbamates (subject to hydrolysis) is 1. The summed E-state index contributed by atoms with van der Waals surface area (Å²) in [5, 5.41) is 14.4. The highest BCUT2D eigenvalue weighted by Gasteiger charge is 2.33. The summed E-state index contributed by atoms with van der Waals surface area (Å²) in [6.45, 7) is 9.05. The fourth-order valence-electron chi connectivity index (χ4n) is 3.34. The molecule has 6 heteroatoms. The minimum absolute atomic E-state index is 0.347. The lowest BCUT2D eigenvalue weighted by Crippen LogP contribution is -2.42. The van der Waals surface area contributed by atoms with Crippen LogP contribution in [0.1, 0.15) is 58.4 Å². The van der Waals surface area contributed by atoms with Gasteiger partial charge in [0, 0.05) is 24.7 Å². The minimum atomic E-state index is -0.738. The van der Waals surface area contributed by atoms with E-state index in [0.29, 0.717) is 11.6 Å². The highest BCUT2D eigenvalue weighted by atomic mass is 35.5. The summed E-state index contributed by atoms with van der Waals surface area (Å²) in [6.07, 6.45) is 4.24. The number of ether oxygens (including phenoxy) is 1. The maximum Gasteiger partial charge on any atom is 0.407 e. The summed E-state index contributed by atoms with van der Waals surface area (Å²) >= 11 is 5.94. The molecular formula is C21H33ClN2O3. The van der Waals surface area contributed by atoms with Gasteiger partial charge in [0.1, 0.15) is 5.60 Å². The molecular weight excluding hydrogens is 364 g/mol. The predicted octanol–water partition coefficient (Wildman–Crippen LogP) is 4.32. The number of carbonyl (C=O) groups excluding carboxylic acids is 1. The van der Waals surface area contributed by atoms with Crippen molar-refractivity contribution in [2.75, 3.05) is 26.2 Å². The first kappa shape index (κ1) is 22.0. The lowest BCUT2D eigenvalue weighted by atomic mass is 9.84. The summed E-state index contributed by atoms with van der Waals surface area (Å²) in [7, 11) is 0. The van der Waals surface area contributed by atoms with Crippen molar-refractivity contribution in [3.63, 3.8) is 0 Å². The van der Waals surface area contributed by atoms with E-state index >= 15 is 0 Å². The van der Waals surface area contributed by atoms with E-state index in [1.807, 2.05) is 45.0 Å². The van der Waals surface area contributed by atoms with Crippen molar-refractivity contribution in [1.82, 2.24) is 10.2 Å². The number of nitrogens with one attached hydrogen (secondary N) is 1. The molecule has 1 heterocycles. The number of unbranched alkanes of at least 4 members (excludes halogenated alkanes) is 2. The molecule has 0 unspecified atom stereocenters. The van der Waals surface area contributed by atoms with Gasteiger partial charge in [0.2, 0.25) is 0 Å². The average Bonchev–Trinajstić information content (AvgIpc) is 2.58. The molecule has 0 bridgehead atoms. The van der Waals surface area contributed by atoms with E-state index in [0.717, 1.165) is 57.3 Å². The van der Waals surface area contributed by atoms with Crippen molar-refractivity contribution < 1.29 is 14.6 Å². The van der Waals surface area contributed by atoms with E-state index < -0.39 is 11.2 Å². The second-order valence-electron chi connectivity index (χ2n) is 8.37. The maximum absolute atomic E-state index is 11.6. The van der Waals surface area contributed by atoms with Crippen LogP contribution < -0.4 is 5.32 Å². The van der Waals surface area contributed by atoms with E-state index in [1.54, 1.807) is 0 Å². The number of hydrogen-bond donors (Lipinski definition) is 2. The van der Waals surface area contributed by atoms with Gasteiger partial charge in [-0.15, -0.1) is 0 Å². The van der Waals surface area contributed by atoms with Crippen LogP contribution in [0.5, 0.6) is 0 Å². The summed E-state index contributed by atoms with van der Waals surface area (Å²) in [5.41, 5.74) is -0.232. The predicted molar refractivity (Wildman–Crippen MR) is 109 cm³/mol. The third-order valence-corrected chi connectivity index (χ3v) is 5.14. The van der Waals surface area contributed by atoms with Crippen molar-refractivity contribution >= 4 is 17.7 Å². The molecule has 1 aliphatic heterocycles. The van der Waals surface area contributed by atoms with Gasteiger partial charge in [-0.1, -0.05) is 30.2 Å². The highest BCUT2D eigenvalue weighted by molar-refractivity contribution is 6.30. The summed E-state index contributed by atoms with van der Waals surface area (Å²) in [4.78, 5) is 14.0. The van der Waals surface area contributed by atoms with E-state index in [9.17, 15) is 9.90 Å². The van der Waals surface area contributed by atoms with Crippen LogP contribution >= 0.6 is 11.6 Å². The number of halogens is 1. The number of piperidine rings is 1. The summed E-state index contributed by atoms with van der Waals surface area (Å²) in [6, 6.07) is 7.53. The lowest BCUT2D eigenvalue weighted by molar-refractivity contribution is -0.0260. The standard InChI is InChI=1S/C21H33ClN2O3/c1-20(2,3)27-19(25)23-13-5-4-6-14-24-15-11-21(26,12-16-24)17-7-9-18(22)10-8-17/h7-10,26H,4-6,11-16H2,1-3H3,(H,23,25). The molecule has 1 aromatic carbocycles. The largest absolute Gasteiger partial charge is 0.444 e. The topological polar surface area (TPSA) is 61.8 Å². The van der Waals surface area contributed by atoms with Gasteiger partial charge in [0.15, 0.2) is 0 Å². The number of likely N-dealkylation sites (tertiary alicyclic amines) is 1. The molecule has 1 saturated heterocycles. The van der Waals surface area contributed by atoms with Crippen molar-refractivity contribution in [3.05, 3.63) is 34.9 Å². The molecule has 0 spiro atoms. The molecule has 152 valence electrons. The van der Waals surface area contributed by atoms with Gasteiger partial charge in [-0.3, -0.25) is 0 Å². The molecule has 0 atom stereocenters. The van der Waals surface area contributed by atoms with Gasteiger partial charge in [-0.2, -0.15) is 0 Å². The van der Waals surface area contributed by atoms with Crippen molar-refractivity contribution in [2.24, 2.45) is 0 Å². The number of hydrogen-bond acceptors (Lipinski definition) is 4. The summed E-state index contributed by atoms with van der Waals surface area (Å²) < 4.78 is 5.21. The first-order valence-corrected chi connectivity index (χ1v) is 10.2. The minimum Gasteiger partial charge on any atom is -0.444 e. The van der Waals surface area contributed by atoms with Gasteiger partial charge in [0.05, 0.1) is 5.60 Å². The Kier molecular flexibility index (Phi) is 7.95. The third kappa shape index (κ3) is 7.68. The molecule has 1 amide bonds. The highest BCUT2D eigenvalue weighted by Crippen LogP contribution is 2.33. The number of carbonyl (C=O) groups is 1. The first-order chi connectivity index (χ1) is 12.7. The van der Waals surface area contributed by atoms with Crippen LogP contribution in [0.2, 0.25) is 5.02 Å². The second kappa shape index (κ2) is 9.76. The first-order valence-electron chi connectivity index (χ1n) is 9.86. The van der Waals surface area contributed by atoms with Gasteiger partial charge in [-0.05, 0) is 70.7 Å². The SMILES string of the molecule is CC(C)(C)OC(=O)NCCCCCN1CCC(O)(c2ccc(Cl)cc2)CC1. The van der Waals surface area contributed by atoms with Crippen LogP contribution in [0, 0.1) is 0 Å². The number of benzene rings is 1. The molecule has 0 aliphatic carbocycles. The number of nitrogens with zero attached hydrogens (tertiary/aromatic N) is 1. The quantitative estimate of drug-likeness (QED) is 0.674. The number of aliphatic hydroxyl groups is 1. The van der Waals surface area contributed by atoms with Gasteiger partial charge in [0.25, 0.3) is 0 Å². The monoisotopic (exact) mass is 396 g/mol. The van der Waals surface area contributed by atoms with Crippen molar-refractivity contribution in [2.45, 2.75) is 64.1 Å². The summed E-state index contributed by atoms with van der Waals surface area (Å²) in [5.74, 6) is 0. The Bertz CT molecular complexity index is 590. The van der Waals surface area contributed by atoms with Crippen LogP contribution in [0.4, 0.5) is 4.79 Å². The third-order valence-electron chi connectivity index (χ3n) is 4.88. The van der Waals surface area contributed by atoms with Crippen LogP contribution in [0.25, 0.3) is 0 Å². The molecule has 0 aromatic heterocycles. The Hall–Kier alpha value is -1.30. The molecule has 0 saturated carbocycles. The van der Waals surface area contributed by atoms with Crippen LogP contribution in [0.15, 0.2) is 24.3 Å². The van der Waals surface area contributed by atoms with Crippen molar-refractivity contribution in [1.29, 1.82) is 0 Å². The van der Waals surface area contributed by atoms with E-state index in [2.05, 4.69) is 10.2 Å². The number of amides is 1.